The molecule has 9 heteroatoms. The number of nitrogens with zero attached hydrogens (tertiary/aromatic N) is 1. The molecular formula is C17H24F3N3O3. The zero-order chi connectivity index (χ0) is 19.2. The third kappa shape index (κ3) is 6.29. The summed E-state index contributed by atoms with van der Waals surface area (Å²) in [5, 5.41) is 5.44. The van der Waals surface area contributed by atoms with Crippen molar-refractivity contribution in [2.24, 2.45) is 0 Å². The van der Waals surface area contributed by atoms with E-state index in [2.05, 4.69) is 10.6 Å². The van der Waals surface area contributed by atoms with Crippen LogP contribution in [-0.4, -0.2) is 63.5 Å². The number of methoxy groups -OCH3 is 2. The Kier molecular flexibility index (Phi) is 6.96. The summed E-state index contributed by atoms with van der Waals surface area (Å²) in [5.41, 5.74) is 0.922. The maximum atomic E-state index is 12.4. The van der Waals surface area contributed by atoms with E-state index in [1.165, 1.54) is 4.90 Å². The lowest BCUT2D eigenvalue weighted by Crippen LogP contribution is -2.44. The Bertz CT molecular complexity index is 611. The van der Waals surface area contributed by atoms with Crippen LogP contribution in [0.3, 0.4) is 0 Å². The maximum Gasteiger partial charge on any atom is 0.401 e. The Balaban J connectivity index is 1.73. The van der Waals surface area contributed by atoms with E-state index >= 15 is 0 Å². The minimum absolute atomic E-state index is 0.208. The van der Waals surface area contributed by atoms with Gasteiger partial charge in [0.1, 0.15) is 11.5 Å². The van der Waals surface area contributed by atoms with Crippen LogP contribution in [-0.2, 0) is 6.42 Å². The van der Waals surface area contributed by atoms with E-state index in [-0.39, 0.29) is 18.6 Å². The molecule has 0 spiro atoms. The summed E-state index contributed by atoms with van der Waals surface area (Å²) in [6, 6.07) is 4.79. The first-order chi connectivity index (χ1) is 12.3. The number of alkyl halides is 3. The van der Waals surface area contributed by atoms with Gasteiger partial charge in [-0.1, -0.05) is 6.07 Å². The van der Waals surface area contributed by atoms with E-state index in [0.29, 0.717) is 37.4 Å². The average molecular weight is 375 g/mol. The van der Waals surface area contributed by atoms with Crippen molar-refractivity contribution in [3.05, 3.63) is 23.8 Å². The van der Waals surface area contributed by atoms with Gasteiger partial charge in [-0.25, -0.2) is 4.79 Å². The molecule has 1 aromatic rings. The molecule has 1 heterocycles. The number of hydrogen-bond acceptors (Lipinski definition) is 4. The molecule has 1 saturated heterocycles. The molecule has 1 aliphatic rings. The van der Waals surface area contributed by atoms with Gasteiger partial charge in [-0.05, 0) is 24.5 Å². The summed E-state index contributed by atoms with van der Waals surface area (Å²) < 4.78 is 47.6. The van der Waals surface area contributed by atoms with Crippen molar-refractivity contribution < 1.29 is 27.4 Å². The highest BCUT2D eigenvalue weighted by Gasteiger charge is 2.34. The Hall–Kier alpha value is -2.16. The molecule has 26 heavy (non-hydrogen) atoms. The molecule has 0 aromatic heterocycles. The minimum Gasteiger partial charge on any atom is -0.497 e. The number of carbonyl (C=O) groups is 1. The second-order valence-corrected chi connectivity index (χ2v) is 6.16. The van der Waals surface area contributed by atoms with E-state index < -0.39 is 12.7 Å². The zero-order valence-electron chi connectivity index (χ0n) is 14.9. The number of amides is 2. The highest BCUT2D eigenvalue weighted by atomic mass is 19.4. The third-order valence-corrected chi connectivity index (χ3v) is 4.18. The van der Waals surface area contributed by atoms with Gasteiger partial charge in [0.15, 0.2) is 0 Å². The fourth-order valence-corrected chi connectivity index (χ4v) is 2.95. The standard InChI is InChI=1S/C17H24F3N3O3/c1-25-14-4-3-12(15(9-14)26-2)5-7-21-16(24)22-13-6-8-23(10-13)11-17(18,19)20/h3-4,9,13H,5-8,10-11H2,1-2H3,(H2,21,22,24)/t13-/m1/s1. The van der Waals surface area contributed by atoms with Crippen LogP contribution < -0.4 is 20.1 Å². The highest BCUT2D eigenvalue weighted by molar-refractivity contribution is 5.74. The van der Waals surface area contributed by atoms with Crippen LogP contribution in [0.1, 0.15) is 12.0 Å². The van der Waals surface area contributed by atoms with Gasteiger partial charge in [0.2, 0.25) is 0 Å². The number of hydrogen-bond donors (Lipinski definition) is 2. The van der Waals surface area contributed by atoms with E-state index in [4.69, 9.17) is 9.47 Å². The number of likely N-dealkylation sites (tertiary alicyclic amines) is 1. The van der Waals surface area contributed by atoms with Crippen LogP contribution in [0.5, 0.6) is 11.5 Å². The molecule has 2 amide bonds. The number of nitrogens with one attached hydrogen (secondary N) is 2. The minimum atomic E-state index is -4.21. The largest absolute Gasteiger partial charge is 0.497 e. The van der Waals surface area contributed by atoms with E-state index in [9.17, 15) is 18.0 Å². The predicted molar refractivity (Wildman–Crippen MR) is 90.7 cm³/mol. The van der Waals surface area contributed by atoms with Crippen molar-refractivity contribution in [3.63, 3.8) is 0 Å². The molecule has 1 aliphatic heterocycles. The van der Waals surface area contributed by atoms with E-state index in [1.54, 1.807) is 20.3 Å². The fourth-order valence-electron chi connectivity index (χ4n) is 2.95. The maximum absolute atomic E-state index is 12.4. The van der Waals surface area contributed by atoms with Gasteiger partial charge in [0.05, 0.1) is 20.8 Å². The number of urea groups is 1. The molecule has 2 rings (SSSR count). The van der Waals surface area contributed by atoms with Crippen LogP contribution in [0.4, 0.5) is 18.0 Å². The Morgan fingerprint density at radius 3 is 2.73 bits per heavy atom. The molecule has 1 atom stereocenters. The summed E-state index contributed by atoms with van der Waals surface area (Å²) in [7, 11) is 3.13. The molecule has 0 unspecified atom stereocenters. The van der Waals surface area contributed by atoms with E-state index in [0.717, 1.165) is 5.56 Å². The van der Waals surface area contributed by atoms with Crippen LogP contribution in [0.25, 0.3) is 0 Å². The summed E-state index contributed by atoms with van der Waals surface area (Å²) in [4.78, 5) is 13.2. The van der Waals surface area contributed by atoms with Crippen molar-refractivity contribution in [1.29, 1.82) is 0 Å². The summed E-state index contributed by atoms with van der Waals surface area (Å²) in [6.45, 7) is -0.0235. The molecule has 0 radical (unpaired) electrons. The van der Waals surface area contributed by atoms with Crippen LogP contribution in [0, 0.1) is 0 Å². The van der Waals surface area contributed by atoms with Gasteiger partial charge in [0, 0.05) is 31.7 Å². The quantitative estimate of drug-likeness (QED) is 0.767. The first kappa shape index (κ1) is 20.2. The van der Waals surface area contributed by atoms with Crippen molar-refractivity contribution in [2.45, 2.75) is 25.1 Å². The van der Waals surface area contributed by atoms with Crippen LogP contribution in [0.2, 0.25) is 0 Å². The monoisotopic (exact) mass is 375 g/mol. The normalized spacial score (nSPS) is 17.8. The second kappa shape index (κ2) is 8.98. The van der Waals surface area contributed by atoms with Crippen LogP contribution in [0.15, 0.2) is 18.2 Å². The summed E-state index contributed by atoms with van der Waals surface area (Å²) >= 11 is 0. The molecule has 0 bridgehead atoms. The Labute approximate surface area is 150 Å². The van der Waals surface area contributed by atoms with E-state index in [1.807, 2.05) is 12.1 Å². The van der Waals surface area contributed by atoms with Crippen molar-refractivity contribution in [2.75, 3.05) is 40.4 Å². The van der Waals surface area contributed by atoms with Gasteiger partial charge >= 0.3 is 12.2 Å². The van der Waals surface area contributed by atoms with Gasteiger partial charge in [-0.3, -0.25) is 4.90 Å². The lowest BCUT2D eigenvalue weighted by atomic mass is 10.1. The molecule has 1 aromatic carbocycles. The van der Waals surface area contributed by atoms with Crippen molar-refractivity contribution in [1.82, 2.24) is 15.5 Å². The average Bonchev–Trinajstić information content (AvgIpc) is 2.99. The summed E-state index contributed by atoms with van der Waals surface area (Å²) in [5.74, 6) is 1.35. The van der Waals surface area contributed by atoms with Gasteiger partial charge in [0.25, 0.3) is 0 Å². The molecule has 146 valence electrons. The van der Waals surface area contributed by atoms with Crippen molar-refractivity contribution in [3.8, 4) is 11.5 Å². The second-order valence-electron chi connectivity index (χ2n) is 6.16. The molecule has 0 aliphatic carbocycles. The summed E-state index contributed by atoms with van der Waals surface area (Å²) in [6.07, 6.45) is -3.14. The number of carbonyl (C=O) groups excluding carboxylic acids is 1. The number of ether oxygens (including phenoxy) is 2. The SMILES string of the molecule is COc1ccc(CCNC(=O)N[C@@H]2CCN(CC(F)(F)F)C2)c(OC)c1. The smallest absolute Gasteiger partial charge is 0.401 e. The fraction of sp³-hybridized carbons (Fsp3) is 0.588. The first-order valence-electron chi connectivity index (χ1n) is 8.35. The van der Waals surface area contributed by atoms with Gasteiger partial charge in [-0.15, -0.1) is 0 Å². The van der Waals surface area contributed by atoms with Crippen LogP contribution >= 0.6 is 0 Å². The lowest BCUT2D eigenvalue weighted by molar-refractivity contribution is -0.143. The zero-order valence-corrected chi connectivity index (χ0v) is 14.9. The molecular weight excluding hydrogens is 351 g/mol. The molecule has 1 fully saturated rings. The third-order valence-electron chi connectivity index (χ3n) is 4.18. The molecule has 0 saturated carbocycles. The first-order valence-corrected chi connectivity index (χ1v) is 8.35. The number of benzene rings is 1. The highest BCUT2D eigenvalue weighted by Crippen LogP contribution is 2.24. The Morgan fingerprint density at radius 2 is 2.08 bits per heavy atom. The molecule has 6 nitrogen and oxygen atoms in total. The van der Waals surface area contributed by atoms with Gasteiger partial charge < -0.3 is 20.1 Å². The van der Waals surface area contributed by atoms with Gasteiger partial charge in [-0.2, -0.15) is 13.2 Å². The molecule has 2 N–H and O–H groups in total. The predicted octanol–water partition coefficient (Wildman–Crippen LogP) is 2.18. The number of rotatable bonds is 7. The Morgan fingerprint density at radius 1 is 1.31 bits per heavy atom. The lowest BCUT2D eigenvalue weighted by Gasteiger charge is -2.18. The van der Waals surface area contributed by atoms with Crippen molar-refractivity contribution >= 4 is 6.03 Å². The topological polar surface area (TPSA) is 62.8 Å². The number of halogens is 3.